The van der Waals surface area contributed by atoms with Gasteiger partial charge in [-0.25, -0.2) is 4.68 Å². The maximum atomic E-state index is 10.1. The molecule has 0 fully saturated rings. The highest BCUT2D eigenvalue weighted by molar-refractivity contribution is 5.96. The number of nitrogen functional groups attached to an aromatic ring is 2. The van der Waals surface area contributed by atoms with Gasteiger partial charge in [-0.1, -0.05) is 11.3 Å². The second-order valence-electron chi connectivity index (χ2n) is 5.31. The van der Waals surface area contributed by atoms with Crippen molar-refractivity contribution in [2.45, 2.75) is 0 Å². The normalized spacial score (nSPS) is 10.6. The van der Waals surface area contributed by atoms with Gasteiger partial charge in [0.05, 0.1) is 6.20 Å². The number of phenolic OH excluding ortho intramolecular Hbond substituents is 2. The van der Waals surface area contributed by atoms with E-state index in [9.17, 15) is 10.2 Å². The lowest BCUT2D eigenvalue weighted by Crippen LogP contribution is -2.11. The van der Waals surface area contributed by atoms with Gasteiger partial charge in [0.25, 0.3) is 0 Å². The summed E-state index contributed by atoms with van der Waals surface area (Å²) >= 11 is 0. The van der Waals surface area contributed by atoms with Crippen molar-refractivity contribution in [1.29, 1.82) is 10.8 Å². The van der Waals surface area contributed by atoms with E-state index in [0.29, 0.717) is 28.1 Å². The number of nitrogens with zero attached hydrogens (tertiary/aromatic N) is 3. The lowest BCUT2D eigenvalue weighted by Gasteiger charge is -2.06. The van der Waals surface area contributed by atoms with Crippen molar-refractivity contribution in [2.24, 2.45) is 11.5 Å². The van der Waals surface area contributed by atoms with E-state index in [1.807, 2.05) is 0 Å². The monoisotopic (exact) mass is 337 g/mol. The Bertz CT molecular complexity index is 994. The fraction of sp³-hybridized carbons (Fsp3) is 0. The van der Waals surface area contributed by atoms with Gasteiger partial charge in [0.2, 0.25) is 0 Å². The Labute approximate surface area is 142 Å². The largest absolute Gasteiger partial charge is 0.507 e. The molecule has 0 unspecified atom stereocenters. The molecular weight excluding hydrogens is 322 g/mol. The first-order valence-electron chi connectivity index (χ1n) is 7.14. The minimum Gasteiger partial charge on any atom is -0.507 e. The minimum absolute atomic E-state index is 0.0578. The molecule has 0 aliphatic heterocycles. The highest BCUT2D eigenvalue weighted by Crippen LogP contribution is 2.30. The van der Waals surface area contributed by atoms with E-state index in [1.165, 1.54) is 35.1 Å². The lowest BCUT2D eigenvalue weighted by atomic mass is 10.1. The van der Waals surface area contributed by atoms with E-state index in [0.717, 1.165) is 0 Å². The predicted octanol–water partition coefficient (Wildman–Crippen LogP) is 0.914. The van der Waals surface area contributed by atoms with Crippen LogP contribution in [0.25, 0.3) is 16.9 Å². The first-order valence-corrected chi connectivity index (χ1v) is 7.14. The van der Waals surface area contributed by atoms with Crippen molar-refractivity contribution in [3.8, 4) is 28.4 Å². The molecule has 126 valence electrons. The number of nitrogens with two attached hydrogens (primary N) is 2. The molecule has 9 nitrogen and oxygen atoms in total. The molecule has 1 heterocycles. The molecule has 3 rings (SSSR count). The van der Waals surface area contributed by atoms with Crippen molar-refractivity contribution in [2.75, 3.05) is 0 Å². The third-order valence-corrected chi connectivity index (χ3v) is 3.61. The van der Waals surface area contributed by atoms with Crippen LogP contribution >= 0.6 is 0 Å². The molecule has 1 aromatic heterocycles. The van der Waals surface area contributed by atoms with Crippen LogP contribution in [0.15, 0.2) is 42.6 Å². The summed E-state index contributed by atoms with van der Waals surface area (Å²) in [5, 5.41) is 42.9. The molecule has 0 aliphatic rings. The number of aromatic nitrogens is 3. The van der Waals surface area contributed by atoms with E-state index in [-0.39, 0.29) is 23.2 Å². The van der Waals surface area contributed by atoms with Crippen LogP contribution in [-0.2, 0) is 0 Å². The van der Waals surface area contributed by atoms with E-state index in [2.05, 4.69) is 10.3 Å². The molecule has 3 aromatic rings. The molecule has 8 N–H and O–H groups in total. The fourth-order valence-corrected chi connectivity index (χ4v) is 2.30. The second-order valence-corrected chi connectivity index (χ2v) is 5.31. The molecule has 2 aromatic carbocycles. The van der Waals surface area contributed by atoms with Crippen molar-refractivity contribution < 1.29 is 10.2 Å². The highest BCUT2D eigenvalue weighted by Gasteiger charge is 2.13. The van der Waals surface area contributed by atoms with E-state index in [4.69, 9.17) is 22.3 Å². The van der Waals surface area contributed by atoms with Gasteiger partial charge in [0.1, 0.15) is 34.6 Å². The number of benzene rings is 2. The van der Waals surface area contributed by atoms with Gasteiger partial charge in [-0.15, -0.1) is 5.10 Å². The van der Waals surface area contributed by atoms with E-state index in [1.54, 1.807) is 12.1 Å². The third-order valence-electron chi connectivity index (χ3n) is 3.61. The fourth-order valence-electron chi connectivity index (χ4n) is 2.30. The van der Waals surface area contributed by atoms with Gasteiger partial charge < -0.3 is 21.7 Å². The first kappa shape index (κ1) is 16.0. The summed E-state index contributed by atoms with van der Waals surface area (Å²) in [6, 6.07) is 8.97. The molecule has 0 atom stereocenters. The van der Waals surface area contributed by atoms with Gasteiger partial charge in [-0.05, 0) is 30.3 Å². The summed E-state index contributed by atoms with van der Waals surface area (Å²) in [4.78, 5) is 0. The van der Waals surface area contributed by atoms with Crippen molar-refractivity contribution >= 4 is 11.7 Å². The Morgan fingerprint density at radius 3 is 2.20 bits per heavy atom. The zero-order valence-corrected chi connectivity index (χ0v) is 12.9. The average Bonchev–Trinajstić information content (AvgIpc) is 3.04. The summed E-state index contributed by atoms with van der Waals surface area (Å²) in [6.07, 6.45) is 1.52. The summed E-state index contributed by atoms with van der Waals surface area (Å²) < 4.78 is 1.31. The standard InChI is InChI=1S/C16H15N7O2/c17-15(18)8-2-4-13(24)12(5-8)23-7-11(21-22-23)10-3-1-9(16(19)20)6-14(10)25/h1-7,24-25H,(H3,17,18)(H3,19,20). The molecular formula is C16H15N7O2. The van der Waals surface area contributed by atoms with Crippen LogP contribution in [0.2, 0.25) is 0 Å². The van der Waals surface area contributed by atoms with Crippen LogP contribution in [0.4, 0.5) is 0 Å². The Balaban J connectivity index is 2.03. The van der Waals surface area contributed by atoms with Crippen molar-refractivity contribution in [1.82, 2.24) is 15.0 Å². The number of hydrogen-bond donors (Lipinski definition) is 6. The number of rotatable bonds is 4. The first-order chi connectivity index (χ1) is 11.9. The smallest absolute Gasteiger partial charge is 0.141 e. The quantitative estimate of drug-likeness (QED) is 0.305. The maximum absolute atomic E-state index is 10.1. The molecule has 0 aliphatic carbocycles. The van der Waals surface area contributed by atoms with E-state index >= 15 is 0 Å². The van der Waals surface area contributed by atoms with Crippen LogP contribution in [0.5, 0.6) is 11.5 Å². The van der Waals surface area contributed by atoms with Gasteiger partial charge in [-0.3, -0.25) is 10.8 Å². The summed E-state index contributed by atoms with van der Waals surface area (Å²) in [7, 11) is 0. The molecule has 0 radical (unpaired) electrons. The molecule has 0 bridgehead atoms. The minimum atomic E-state index is -0.156. The SMILES string of the molecule is N=C(N)c1ccc(-c2cn(-c3cc(C(=N)N)ccc3O)nn2)c(O)c1. The van der Waals surface area contributed by atoms with Crippen LogP contribution in [0, 0.1) is 10.8 Å². The van der Waals surface area contributed by atoms with Crippen LogP contribution in [-0.4, -0.2) is 36.9 Å². The van der Waals surface area contributed by atoms with Crippen LogP contribution in [0.1, 0.15) is 11.1 Å². The Morgan fingerprint density at radius 1 is 0.920 bits per heavy atom. The number of hydrogen-bond acceptors (Lipinski definition) is 6. The van der Waals surface area contributed by atoms with Gasteiger partial charge >= 0.3 is 0 Å². The molecule has 0 saturated carbocycles. The number of aromatic hydroxyl groups is 2. The molecule has 0 amide bonds. The maximum Gasteiger partial charge on any atom is 0.141 e. The van der Waals surface area contributed by atoms with Crippen molar-refractivity contribution in [3.63, 3.8) is 0 Å². The third kappa shape index (κ3) is 2.98. The summed E-state index contributed by atoms with van der Waals surface area (Å²) in [5.41, 5.74) is 12.7. The number of amidine groups is 2. The number of nitrogens with one attached hydrogen (secondary N) is 2. The summed E-state index contributed by atoms with van der Waals surface area (Å²) in [6.45, 7) is 0. The van der Waals surface area contributed by atoms with Gasteiger partial charge in [0, 0.05) is 16.7 Å². The van der Waals surface area contributed by atoms with Gasteiger partial charge in [-0.2, -0.15) is 0 Å². The topological polar surface area (TPSA) is 171 Å². The highest BCUT2D eigenvalue weighted by atomic mass is 16.3. The lowest BCUT2D eigenvalue weighted by molar-refractivity contribution is 0.469. The Kier molecular flexibility index (Phi) is 3.82. The zero-order valence-electron chi connectivity index (χ0n) is 12.9. The molecule has 9 heteroatoms. The second kappa shape index (κ2) is 5.96. The Morgan fingerprint density at radius 2 is 1.56 bits per heavy atom. The van der Waals surface area contributed by atoms with E-state index < -0.39 is 0 Å². The van der Waals surface area contributed by atoms with Gasteiger partial charge in [0.15, 0.2) is 0 Å². The van der Waals surface area contributed by atoms with Crippen molar-refractivity contribution in [3.05, 3.63) is 53.7 Å². The Hall–Kier alpha value is -3.88. The molecule has 0 saturated heterocycles. The van der Waals surface area contributed by atoms with Crippen LogP contribution < -0.4 is 11.5 Å². The predicted molar refractivity (Wildman–Crippen MR) is 92.2 cm³/mol. The molecule has 0 spiro atoms. The summed E-state index contributed by atoms with van der Waals surface area (Å²) in [5.74, 6) is -0.449. The number of phenols is 2. The molecule has 25 heavy (non-hydrogen) atoms. The van der Waals surface area contributed by atoms with Crippen LogP contribution in [0.3, 0.4) is 0 Å². The average molecular weight is 337 g/mol. The zero-order chi connectivity index (χ0) is 18.1.